The van der Waals surface area contributed by atoms with E-state index in [4.69, 9.17) is 54.7 Å². The minimum Gasteiger partial charge on any atom is -0.416 e. The second-order valence-corrected chi connectivity index (χ2v) is 27.1. The lowest BCUT2D eigenvalue weighted by molar-refractivity contribution is -0.0519. The zero-order valence-corrected chi connectivity index (χ0v) is 34.2. The van der Waals surface area contributed by atoms with E-state index in [2.05, 4.69) is 0 Å². The first-order chi connectivity index (χ1) is 20.8. The molecule has 0 aliphatic carbocycles. The maximum Gasteiger partial charge on any atom is 0.323 e. The Kier molecular flexibility index (Phi) is 23.8. The topological polar surface area (TPSA) is 142 Å². The average Bonchev–Trinajstić information content (AvgIpc) is 2.87. The van der Waals surface area contributed by atoms with Gasteiger partial charge < -0.3 is 59.8 Å². The highest BCUT2D eigenvalue weighted by Gasteiger charge is 2.44. The van der Waals surface area contributed by atoms with Crippen molar-refractivity contribution in [1.82, 2.24) is 0 Å². The van der Waals surface area contributed by atoms with Crippen LogP contribution < -0.4 is 0 Å². The Bertz CT molecular complexity index is 733. The van der Waals surface area contributed by atoms with Gasteiger partial charge >= 0.3 is 34.2 Å². The minimum atomic E-state index is -2.59. The minimum absolute atomic E-state index is 0.00424. The van der Waals surface area contributed by atoms with Gasteiger partial charge in [-0.05, 0) is 80.1 Å². The van der Waals surface area contributed by atoms with E-state index in [0.29, 0.717) is 72.7 Å². The van der Waals surface area contributed by atoms with Crippen LogP contribution in [0.25, 0.3) is 0 Å². The Morgan fingerprint density at radius 1 is 0.444 bits per heavy atom. The van der Waals surface area contributed by atoms with Crippen LogP contribution in [0.5, 0.6) is 0 Å². The smallest absolute Gasteiger partial charge is 0.323 e. The quantitative estimate of drug-likeness (QED) is 0.0826. The molecule has 0 heterocycles. The predicted molar refractivity (Wildman–Crippen MR) is 183 cm³/mol. The fourth-order valence-corrected chi connectivity index (χ4v) is 21.3. The first-order valence-corrected chi connectivity index (χ1v) is 27.3. The third-order valence-corrected chi connectivity index (χ3v) is 19.2. The van der Waals surface area contributed by atoms with E-state index in [1.165, 1.54) is 0 Å². The van der Waals surface area contributed by atoms with E-state index >= 15 is 0 Å². The summed E-state index contributed by atoms with van der Waals surface area (Å²) in [5.41, 5.74) is 0. The van der Waals surface area contributed by atoms with Crippen molar-refractivity contribution in [3.8, 4) is 0 Å². The summed E-state index contributed by atoms with van der Waals surface area (Å²) in [6, 6.07) is 0. The van der Waals surface area contributed by atoms with Gasteiger partial charge in [0.05, 0.1) is 104 Å². The highest BCUT2D eigenvalue weighted by atomic mass is 28.5. The molecule has 0 bridgehead atoms. The summed E-state index contributed by atoms with van der Waals surface area (Å²) < 4.78 is 65.3. The molecule has 45 heavy (non-hydrogen) atoms. The molecule has 0 saturated carbocycles. The molecule has 0 saturated heterocycles. The largest absolute Gasteiger partial charge is 0.416 e. The molecule has 272 valence electrons. The summed E-state index contributed by atoms with van der Waals surface area (Å²) >= 11 is 0. The molecule has 0 rings (SSSR count). The van der Waals surface area contributed by atoms with Gasteiger partial charge in [-0.2, -0.15) is 0 Å². The lowest BCUT2D eigenvalue weighted by Crippen LogP contribution is -2.57. The Balaban J connectivity index is 4.38. The van der Waals surface area contributed by atoms with Gasteiger partial charge in [0.15, 0.2) is 0 Å². The van der Waals surface area contributed by atoms with Crippen LogP contribution in [0.2, 0.25) is 52.4 Å². The van der Waals surface area contributed by atoms with Crippen LogP contribution in [-0.4, -0.2) is 148 Å². The van der Waals surface area contributed by atoms with Crippen LogP contribution in [0, 0.1) is 0 Å². The Morgan fingerprint density at radius 2 is 0.822 bits per heavy atom. The Hall–Kier alpha value is 0.348. The predicted octanol–water partition coefficient (Wildman–Crippen LogP) is 3.51. The molecule has 0 aromatic rings. The molecule has 13 nitrogen and oxygen atoms in total. The van der Waals surface area contributed by atoms with Gasteiger partial charge in [-0.3, -0.25) is 0 Å². The summed E-state index contributed by atoms with van der Waals surface area (Å²) in [5.74, 6) is 0. The lowest BCUT2D eigenvalue weighted by Gasteiger charge is -2.40. The van der Waals surface area contributed by atoms with Crippen LogP contribution in [0.1, 0.15) is 27.7 Å². The molecule has 17 heteroatoms. The van der Waals surface area contributed by atoms with Crippen LogP contribution in [-0.2, 0) is 49.6 Å². The van der Waals surface area contributed by atoms with Crippen molar-refractivity contribution in [1.29, 1.82) is 0 Å². The van der Waals surface area contributed by atoms with E-state index in [1.807, 2.05) is 73.1 Å². The normalized spacial score (nSPS) is 16.1. The molecule has 0 aliphatic rings. The maximum atomic E-state index is 9.20. The molecule has 0 amide bonds. The molecule has 0 spiro atoms. The number of rotatable bonds is 30. The summed E-state index contributed by atoms with van der Waals surface area (Å²) in [6.45, 7) is 28.2. The molecular weight excluding hydrogens is 657 g/mol. The van der Waals surface area contributed by atoms with Gasteiger partial charge in [-0.1, -0.05) is 0 Å². The molecule has 2 N–H and O–H groups in total. The molecule has 0 aromatic heterocycles. The van der Waals surface area contributed by atoms with Gasteiger partial charge in [0.1, 0.15) is 0 Å². The fraction of sp³-hybridized carbons (Fsp3) is 1.00. The van der Waals surface area contributed by atoms with Crippen LogP contribution in [0.3, 0.4) is 0 Å². The van der Waals surface area contributed by atoms with Crippen molar-refractivity contribution in [3.63, 3.8) is 0 Å². The van der Waals surface area contributed by atoms with Crippen LogP contribution in [0.4, 0.5) is 0 Å². The second-order valence-electron chi connectivity index (χ2n) is 12.9. The molecule has 4 unspecified atom stereocenters. The third-order valence-electron chi connectivity index (χ3n) is 5.64. The fourth-order valence-electron chi connectivity index (χ4n) is 4.31. The maximum absolute atomic E-state index is 9.20. The average molecular weight is 723 g/mol. The van der Waals surface area contributed by atoms with Crippen molar-refractivity contribution < 1.29 is 59.8 Å². The number of hydrogen-bond donors (Lipinski definition) is 2. The monoisotopic (exact) mass is 722 g/mol. The van der Waals surface area contributed by atoms with Crippen molar-refractivity contribution in [2.24, 2.45) is 0 Å². The van der Waals surface area contributed by atoms with Gasteiger partial charge in [0, 0.05) is 0 Å². The molecule has 0 fully saturated rings. The lowest BCUT2D eigenvalue weighted by atomic mass is 10.4. The Labute approximate surface area is 277 Å². The summed E-state index contributed by atoms with van der Waals surface area (Å²) in [6.07, 6.45) is -0.729. The number of aliphatic hydroxyl groups excluding tert-OH is 2. The van der Waals surface area contributed by atoms with Gasteiger partial charge in [-0.15, -0.1) is 0 Å². The summed E-state index contributed by atoms with van der Waals surface area (Å²) in [5, 5.41) is 18.0. The van der Waals surface area contributed by atoms with E-state index in [-0.39, 0.29) is 24.9 Å². The van der Waals surface area contributed by atoms with Gasteiger partial charge in [0.25, 0.3) is 0 Å². The molecular formula is C28H66O13Si4. The van der Waals surface area contributed by atoms with E-state index in [1.54, 1.807) is 6.92 Å². The van der Waals surface area contributed by atoms with E-state index in [9.17, 15) is 5.11 Å². The van der Waals surface area contributed by atoms with Crippen molar-refractivity contribution >= 4 is 34.2 Å². The molecule has 0 aliphatic heterocycles. The van der Waals surface area contributed by atoms with Crippen molar-refractivity contribution in [2.45, 2.75) is 104 Å². The van der Waals surface area contributed by atoms with Crippen molar-refractivity contribution in [3.05, 3.63) is 0 Å². The first kappa shape index (κ1) is 45.3. The molecule has 0 aromatic carbocycles. The molecule has 4 atom stereocenters. The summed E-state index contributed by atoms with van der Waals surface area (Å²) in [7, 11) is -10.2. The standard InChI is InChI=1S/C28H66O13Si4/c1-25(30)21-32-15-17-34-27(3)23-33-16-20-37-42(5,6)39-44(9,10)41-45(11,12)40-43(7,8)38-24-28(4)36-19-18-35-26(2)22-31-14-13-29/h25-30H,13-24H2,1-12H3. The van der Waals surface area contributed by atoms with E-state index in [0.717, 1.165) is 0 Å². The van der Waals surface area contributed by atoms with Crippen LogP contribution in [0.15, 0.2) is 0 Å². The zero-order chi connectivity index (χ0) is 34.6. The number of hydrogen-bond acceptors (Lipinski definition) is 13. The van der Waals surface area contributed by atoms with E-state index < -0.39 is 40.3 Å². The molecule has 0 radical (unpaired) electrons. The number of ether oxygens (including phenoxy) is 6. The zero-order valence-electron chi connectivity index (χ0n) is 30.2. The van der Waals surface area contributed by atoms with Gasteiger partial charge in [0.2, 0.25) is 0 Å². The Morgan fingerprint density at radius 3 is 1.31 bits per heavy atom. The van der Waals surface area contributed by atoms with Gasteiger partial charge in [-0.25, -0.2) is 0 Å². The van der Waals surface area contributed by atoms with Crippen molar-refractivity contribution in [2.75, 3.05) is 79.3 Å². The second kappa shape index (κ2) is 23.7. The SMILES string of the molecule is CC(O)COCCOC(C)COCCO[Si](C)(C)O[Si](C)(C)O[Si](C)(C)O[Si](C)(C)OCC(C)OCCOC(C)COCCO. The third kappa shape index (κ3) is 27.9. The summed E-state index contributed by atoms with van der Waals surface area (Å²) in [4.78, 5) is 0. The highest BCUT2D eigenvalue weighted by molar-refractivity contribution is 6.87. The van der Waals surface area contributed by atoms with Crippen LogP contribution >= 0.6 is 0 Å². The number of aliphatic hydroxyl groups is 2. The highest BCUT2D eigenvalue weighted by Crippen LogP contribution is 2.25. The first-order valence-electron chi connectivity index (χ1n) is 16.0.